The van der Waals surface area contributed by atoms with E-state index in [9.17, 15) is 22.8 Å². The number of amides is 2. The number of nitriles is 1. The standard InChI is InChI=1S/C25H23F3N10O2.C2H6.CH3Cl/c26-25(27,28)21-18(14-37(35-21)9-6-29)19-11-32-23-22(31-7-10-38(19)23)34-17-3-1-15(2-4-17)24(40)33-12-20(39)36-8-5-16(30)13-36;2*1-2/h1-4,7,10-11,14,16H,5,8-9,12-13,30H2,(H,31,34)(H,33,40);1-2H3;1H3. The number of benzene rings is 1. The Labute approximate surface area is 256 Å². The molecular weight excluding hydrogens is 601 g/mol. The Balaban J connectivity index is 0.00000127. The number of halogens is 4. The molecule has 4 heterocycles. The van der Waals surface area contributed by atoms with Crippen LogP contribution >= 0.6 is 11.6 Å². The Hall–Kier alpha value is -4.68. The van der Waals surface area contributed by atoms with Gasteiger partial charge in [-0.15, -0.1) is 11.6 Å². The van der Waals surface area contributed by atoms with Gasteiger partial charge in [-0.25, -0.2) is 9.97 Å². The van der Waals surface area contributed by atoms with Crippen molar-refractivity contribution in [3.8, 4) is 17.3 Å². The van der Waals surface area contributed by atoms with Gasteiger partial charge in [0.1, 0.15) is 6.54 Å². The average molecular weight is 633 g/mol. The summed E-state index contributed by atoms with van der Waals surface area (Å²) >= 11 is 4.64. The van der Waals surface area contributed by atoms with Crippen molar-refractivity contribution in [1.82, 2.24) is 34.4 Å². The lowest BCUT2D eigenvalue weighted by Crippen LogP contribution is -2.40. The molecule has 44 heavy (non-hydrogen) atoms. The monoisotopic (exact) mass is 632 g/mol. The normalized spacial score (nSPS) is 14.2. The third-order valence-electron chi connectivity index (χ3n) is 6.35. The number of hydrogen-bond donors (Lipinski definition) is 3. The molecule has 1 atom stereocenters. The number of carbonyl (C=O) groups is 2. The molecule has 1 aliphatic rings. The first-order valence-corrected chi connectivity index (χ1v) is 14.3. The highest BCUT2D eigenvalue weighted by Crippen LogP contribution is 2.36. The van der Waals surface area contributed by atoms with Crippen LogP contribution in [0.4, 0.5) is 24.7 Å². The molecule has 1 saturated heterocycles. The highest BCUT2D eigenvalue weighted by molar-refractivity contribution is 6.15. The van der Waals surface area contributed by atoms with Gasteiger partial charge in [-0.1, -0.05) is 13.8 Å². The predicted octanol–water partition coefficient (Wildman–Crippen LogP) is 4.05. The fraction of sp³-hybridized carbons (Fsp3) is 0.357. The van der Waals surface area contributed by atoms with E-state index in [1.807, 2.05) is 13.8 Å². The summed E-state index contributed by atoms with van der Waals surface area (Å²) in [6, 6.07) is 8.10. The number of nitrogens with one attached hydrogen (secondary N) is 2. The van der Waals surface area contributed by atoms with Gasteiger partial charge in [-0.3, -0.25) is 18.7 Å². The Morgan fingerprint density at radius 2 is 1.89 bits per heavy atom. The molecule has 1 aliphatic heterocycles. The molecule has 1 aromatic carbocycles. The summed E-state index contributed by atoms with van der Waals surface area (Å²) in [6.07, 6.45) is 2.76. The second-order valence-electron chi connectivity index (χ2n) is 9.13. The van der Waals surface area contributed by atoms with Gasteiger partial charge < -0.3 is 21.3 Å². The Morgan fingerprint density at radius 1 is 1.18 bits per heavy atom. The van der Waals surface area contributed by atoms with E-state index in [2.05, 4.69) is 37.3 Å². The topological polar surface area (TPSA) is 159 Å². The van der Waals surface area contributed by atoms with E-state index in [1.165, 1.54) is 29.4 Å². The first-order valence-electron chi connectivity index (χ1n) is 13.5. The Morgan fingerprint density at radius 3 is 2.50 bits per heavy atom. The first kappa shape index (κ1) is 33.8. The summed E-state index contributed by atoms with van der Waals surface area (Å²) in [5.74, 6) is -0.352. The lowest BCUT2D eigenvalue weighted by atomic mass is 10.2. The van der Waals surface area contributed by atoms with E-state index >= 15 is 0 Å². The zero-order chi connectivity index (χ0) is 32.4. The van der Waals surface area contributed by atoms with Crippen LogP contribution in [0.1, 0.15) is 36.3 Å². The maximum atomic E-state index is 13.7. The predicted molar refractivity (Wildman–Crippen MR) is 159 cm³/mol. The van der Waals surface area contributed by atoms with Crippen LogP contribution in [0, 0.1) is 11.3 Å². The second kappa shape index (κ2) is 15.2. The van der Waals surface area contributed by atoms with E-state index in [-0.39, 0.29) is 47.8 Å². The van der Waals surface area contributed by atoms with Crippen LogP contribution in [0.2, 0.25) is 0 Å². The van der Waals surface area contributed by atoms with E-state index in [1.54, 1.807) is 35.2 Å². The number of nitrogens with two attached hydrogens (primary N) is 1. The van der Waals surface area contributed by atoms with Crippen molar-refractivity contribution in [2.24, 2.45) is 5.73 Å². The first-order chi connectivity index (χ1) is 21.1. The summed E-state index contributed by atoms with van der Waals surface area (Å²) < 4.78 is 43.3. The van der Waals surface area contributed by atoms with Crippen LogP contribution in [0.5, 0.6) is 0 Å². The van der Waals surface area contributed by atoms with Gasteiger partial charge in [0.25, 0.3) is 5.91 Å². The molecule has 0 bridgehead atoms. The van der Waals surface area contributed by atoms with Crippen molar-refractivity contribution in [3.63, 3.8) is 0 Å². The molecule has 12 nitrogen and oxygen atoms in total. The van der Waals surface area contributed by atoms with Gasteiger partial charge in [0.05, 0.1) is 30.1 Å². The maximum Gasteiger partial charge on any atom is 0.435 e. The number of fused-ring (bicyclic) bond motifs is 1. The van der Waals surface area contributed by atoms with Gasteiger partial charge >= 0.3 is 6.18 Å². The van der Waals surface area contributed by atoms with Gasteiger partial charge in [0, 0.05) is 55.4 Å². The zero-order valence-electron chi connectivity index (χ0n) is 24.3. The largest absolute Gasteiger partial charge is 0.435 e. The quantitative estimate of drug-likeness (QED) is 0.257. The molecule has 4 aromatic rings. The van der Waals surface area contributed by atoms with Crippen molar-refractivity contribution < 1.29 is 22.8 Å². The lowest BCUT2D eigenvalue weighted by Gasteiger charge is -2.16. The minimum Gasteiger partial charge on any atom is -0.343 e. The van der Waals surface area contributed by atoms with Crippen LogP contribution in [0.3, 0.4) is 0 Å². The number of carbonyl (C=O) groups excluding carboxylic acids is 2. The van der Waals surface area contributed by atoms with E-state index < -0.39 is 17.8 Å². The minimum atomic E-state index is -4.74. The molecule has 16 heteroatoms. The summed E-state index contributed by atoms with van der Waals surface area (Å²) in [4.78, 5) is 34.9. The van der Waals surface area contributed by atoms with Gasteiger partial charge in [-0.05, 0) is 30.7 Å². The third kappa shape index (κ3) is 7.82. The second-order valence-corrected chi connectivity index (χ2v) is 9.13. The van der Waals surface area contributed by atoms with Gasteiger partial charge in [0.2, 0.25) is 5.91 Å². The molecule has 0 saturated carbocycles. The smallest absolute Gasteiger partial charge is 0.343 e. The number of anilines is 2. The molecule has 0 spiro atoms. The molecular formula is C28H32ClF3N10O2. The molecule has 1 unspecified atom stereocenters. The van der Waals surface area contributed by atoms with Crippen molar-refractivity contribution >= 4 is 40.6 Å². The number of nitrogens with zero attached hydrogens (tertiary/aromatic N) is 7. The van der Waals surface area contributed by atoms with Crippen molar-refractivity contribution in [2.45, 2.75) is 39.0 Å². The summed E-state index contributed by atoms with van der Waals surface area (Å²) in [5, 5.41) is 18.1. The van der Waals surface area contributed by atoms with Crippen LogP contribution in [0.15, 0.2) is 49.1 Å². The summed E-state index contributed by atoms with van der Waals surface area (Å²) in [7, 11) is 0. The number of imidazole rings is 1. The van der Waals surface area contributed by atoms with Crippen molar-refractivity contribution in [3.05, 3.63) is 60.3 Å². The maximum absolute atomic E-state index is 13.7. The van der Waals surface area contributed by atoms with Crippen molar-refractivity contribution in [1.29, 1.82) is 5.26 Å². The molecule has 0 radical (unpaired) electrons. The Bertz CT molecular complexity index is 1610. The molecule has 2 amide bonds. The van der Waals surface area contributed by atoms with Gasteiger partial charge in [-0.2, -0.15) is 23.5 Å². The third-order valence-corrected chi connectivity index (χ3v) is 6.35. The molecule has 0 aliphatic carbocycles. The number of alkyl halides is 4. The highest BCUT2D eigenvalue weighted by Gasteiger charge is 2.38. The summed E-state index contributed by atoms with van der Waals surface area (Å²) in [6.45, 7) is 4.57. The summed E-state index contributed by atoms with van der Waals surface area (Å²) in [5.41, 5.74) is 5.71. The van der Waals surface area contributed by atoms with Crippen LogP contribution in [-0.4, -0.2) is 72.9 Å². The number of aromatic nitrogens is 5. The number of hydrogen-bond acceptors (Lipinski definition) is 8. The SMILES string of the molecule is CC.CCl.N#CCn1cc(-c2cnc3c(Nc4ccc(C(=O)NCC(=O)N5CCC(N)C5)cc4)nccn23)c(C(F)(F)F)n1. The molecule has 3 aromatic heterocycles. The van der Waals surface area contributed by atoms with E-state index in [0.29, 0.717) is 24.3 Å². The van der Waals surface area contributed by atoms with E-state index in [0.717, 1.165) is 17.3 Å². The molecule has 234 valence electrons. The fourth-order valence-corrected chi connectivity index (χ4v) is 4.40. The van der Waals surface area contributed by atoms with Gasteiger partial charge in [0.15, 0.2) is 17.2 Å². The number of rotatable bonds is 7. The fourth-order valence-electron chi connectivity index (χ4n) is 4.40. The Kier molecular flexibility index (Phi) is 11.7. The van der Waals surface area contributed by atoms with Crippen molar-refractivity contribution in [2.75, 3.05) is 31.3 Å². The van der Waals surface area contributed by atoms with Crippen LogP contribution < -0.4 is 16.4 Å². The van der Waals surface area contributed by atoms with E-state index in [4.69, 9.17) is 11.0 Å². The number of likely N-dealkylation sites (tertiary alicyclic amines) is 1. The van der Waals surface area contributed by atoms with Crippen LogP contribution in [-0.2, 0) is 17.5 Å². The molecule has 5 rings (SSSR count). The zero-order valence-corrected chi connectivity index (χ0v) is 25.0. The average Bonchev–Trinajstić information content (AvgIpc) is 3.77. The lowest BCUT2D eigenvalue weighted by molar-refractivity contribution is -0.141. The molecule has 4 N–H and O–H groups in total. The minimum absolute atomic E-state index is 0.0422. The van der Waals surface area contributed by atoms with Crippen LogP contribution in [0.25, 0.3) is 16.9 Å². The molecule has 1 fully saturated rings. The highest BCUT2D eigenvalue weighted by atomic mass is 35.5.